The Bertz CT molecular complexity index is 462. The summed E-state index contributed by atoms with van der Waals surface area (Å²) in [6.45, 7) is 10.2. The van der Waals surface area contributed by atoms with E-state index >= 15 is 0 Å². The minimum Gasteiger partial charge on any atom is -0.430 e. The number of hydrogen-bond acceptors (Lipinski definition) is 1. The summed E-state index contributed by atoms with van der Waals surface area (Å²) in [5.74, 6) is -0.119. The average molecular weight is 265 g/mol. The lowest BCUT2D eigenvalue weighted by atomic mass is 9.77. The van der Waals surface area contributed by atoms with Gasteiger partial charge in [0.1, 0.15) is 0 Å². The van der Waals surface area contributed by atoms with Gasteiger partial charge in [-0.1, -0.05) is 45.0 Å². The third-order valence-corrected chi connectivity index (χ3v) is 3.50. The molecule has 1 radical (unpaired) electrons. The molecular formula is C15H20BF2O. The Morgan fingerprint density at radius 2 is 1.74 bits per heavy atom. The molecule has 4 heteroatoms. The molecule has 0 atom stereocenters. The fourth-order valence-corrected chi connectivity index (χ4v) is 1.18. The molecule has 0 N–H and O–H groups in total. The van der Waals surface area contributed by atoms with Gasteiger partial charge in [-0.3, -0.25) is 0 Å². The molecule has 0 unspecified atom stereocenters. The van der Waals surface area contributed by atoms with Gasteiger partial charge in [-0.2, -0.15) is 0 Å². The first kappa shape index (κ1) is 15.9. The van der Waals surface area contributed by atoms with E-state index in [9.17, 15) is 8.78 Å². The van der Waals surface area contributed by atoms with Crippen LogP contribution in [0.1, 0.15) is 40.2 Å². The Kier molecular flexibility index (Phi) is 4.91. The lowest BCUT2D eigenvalue weighted by molar-refractivity contribution is 0.00483. The van der Waals surface area contributed by atoms with Gasteiger partial charge in [0.15, 0.2) is 11.6 Å². The average Bonchev–Trinajstić information content (AvgIpc) is 2.28. The summed E-state index contributed by atoms with van der Waals surface area (Å²) in [6.07, 6.45) is 1.48. The van der Waals surface area contributed by atoms with Crippen molar-refractivity contribution >= 4 is 13.6 Å². The van der Waals surface area contributed by atoms with Crippen LogP contribution >= 0.6 is 0 Å². The molecule has 1 rings (SSSR count). The van der Waals surface area contributed by atoms with E-state index in [1.807, 2.05) is 13.8 Å². The SMILES string of the molecule is CC(C)(C)C(C)(C)O[B]/C=C/c1cccc(F)c1F. The normalized spacial score (nSPS) is 13.0. The van der Waals surface area contributed by atoms with Crippen molar-refractivity contribution in [2.24, 2.45) is 5.41 Å². The van der Waals surface area contributed by atoms with Crippen molar-refractivity contribution in [2.75, 3.05) is 0 Å². The second-order valence-electron chi connectivity index (χ2n) is 6.02. The Labute approximate surface area is 114 Å². The van der Waals surface area contributed by atoms with E-state index in [0.29, 0.717) is 0 Å². The molecule has 0 aliphatic rings. The topological polar surface area (TPSA) is 9.23 Å². The second kappa shape index (κ2) is 5.87. The minimum atomic E-state index is -0.849. The van der Waals surface area contributed by atoms with Crippen LogP contribution in [0.3, 0.4) is 0 Å². The van der Waals surface area contributed by atoms with E-state index in [2.05, 4.69) is 20.8 Å². The summed E-state index contributed by atoms with van der Waals surface area (Å²) in [6, 6.07) is 4.07. The molecule has 0 spiro atoms. The van der Waals surface area contributed by atoms with Crippen molar-refractivity contribution in [3.63, 3.8) is 0 Å². The van der Waals surface area contributed by atoms with E-state index in [4.69, 9.17) is 4.65 Å². The number of halogens is 2. The lowest BCUT2D eigenvalue weighted by Gasteiger charge is -2.38. The summed E-state index contributed by atoms with van der Waals surface area (Å²) < 4.78 is 32.0. The highest BCUT2D eigenvalue weighted by molar-refractivity contribution is 6.35. The van der Waals surface area contributed by atoms with Crippen LogP contribution in [0.5, 0.6) is 0 Å². The molecule has 0 aliphatic carbocycles. The number of hydrogen-bond donors (Lipinski definition) is 0. The van der Waals surface area contributed by atoms with Crippen LogP contribution in [-0.2, 0) is 4.65 Å². The van der Waals surface area contributed by atoms with Crippen molar-refractivity contribution in [1.29, 1.82) is 0 Å². The summed E-state index contributed by atoms with van der Waals surface area (Å²) in [5.41, 5.74) is -0.173. The highest BCUT2D eigenvalue weighted by Gasteiger charge is 2.32. The zero-order chi connectivity index (χ0) is 14.7. The Morgan fingerprint density at radius 3 is 2.32 bits per heavy atom. The summed E-state index contributed by atoms with van der Waals surface area (Å²) in [4.78, 5) is 0. The first-order chi connectivity index (χ1) is 8.65. The molecule has 1 aromatic rings. The van der Waals surface area contributed by atoms with E-state index < -0.39 is 11.6 Å². The largest absolute Gasteiger partial charge is 0.430 e. The van der Waals surface area contributed by atoms with Gasteiger partial charge in [0.05, 0.1) is 5.60 Å². The van der Waals surface area contributed by atoms with Crippen LogP contribution in [0, 0.1) is 17.0 Å². The van der Waals surface area contributed by atoms with E-state index in [-0.39, 0.29) is 16.6 Å². The first-order valence-corrected chi connectivity index (χ1v) is 6.27. The first-order valence-electron chi connectivity index (χ1n) is 6.27. The van der Waals surface area contributed by atoms with E-state index in [1.54, 1.807) is 5.98 Å². The third kappa shape index (κ3) is 4.17. The van der Waals surface area contributed by atoms with E-state index in [1.165, 1.54) is 25.7 Å². The zero-order valence-corrected chi connectivity index (χ0v) is 12.1. The summed E-state index contributed by atoms with van der Waals surface area (Å²) in [5, 5.41) is 0. The van der Waals surface area contributed by atoms with Crippen molar-refractivity contribution in [3.8, 4) is 0 Å². The molecule has 0 aliphatic heterocycles. The fourth-order valence-electron chi connectivity index (χ4n) is 1.18. The molecule has 0 bridgehead atoms. The van der Waals surface area contributed by atoms with Crippen LogP contribution < -0.4 is 0 Å². The van der Waals surface area contributed by atoms with Crippen LogP contribution in [0.15, 0.2) is 24.2 Å². The smallest absolute Gasteiger partial charge is 0.322 e. The predicted octanol–water partition coefficient (Wildman–Crippen LogP) is 4.40. The van der Waals surface area contributed by atoms with Gasteiger partial charge in [-0.25, -0.2) is 8.78 Å². The van der Waals surface area contributed by atoms with Gasteiger partial charge in [-0.05, 0) is 25.3 Å². The molecule has 103 valence electrons. The maximum absolute atomic E-state index is 13.4. The van der Waals surface area contributed by atoms with Gasteiger partial charge >= 0.3 is 7.48 Å². The van der Waals surface area contributed by atoms with Crippen LogP contribution in [0.25, 0.3) is 6.08 Å². The van der Waals surface area contributed by atoms with Crippen molar-refractivity contribution in [2.45, 2.75) is 40.2 Å². The van der Waals surface area contributed by atoms with Crippen molar-refractivity contribution in [1.82, 2.24) is 0 Å². The van der Waals surface area contributed by atoms with Gasteiger partial charge in [0.2, 0.25) is 0 Å². The molecule has 1 nitrogen and oxygen atoms in total. The highest BCUT2D eigenvalue weighted by atomic mass is 19.2. The lowest BCUT2D eigenvalue weighted by Crippen LogP contribution is -2.40. The van der Waals surface area contributed by atoms with Gasteiger partial charge in [0, 0.05) is 5.56 Å². The second-order valence-corrected chi connectivity index (χ2v) is 6.02. The molecule has 0 saturated heterocycles. The molecule has 19 heavy (non-hydrogen) atoms. The minimum absolute atomic E-state index is 0.0263. The standard InChI is InChI=1S/C15H20BF2O/c1-14(2,3)15(4,5)19-16-10-9-11-7-6-8-12(17)13(11)18/h6-10H,1-5H3/b10-9+. The Hall–Kier alpha value is -1.16. The quantitative estimate of drug-likeness (QED) is 0.733. The van der Waals surface area contributed by atoms with Gasteiger partial charge < -0.3 is 4.65 Å². The Morgan fingerprint density at radius 1 is 1.11 bits per heavy atom. The fraction of sp³-hybridized carbons (Fsp3) is 0.467. The molecule has 0 amide bonds. The highest BCUT2D eigenvalue weighted by Crippen LogP contribution is 2.32. The Balaban J connectivity index is 2.63. The molecule has 0 aromatic heterocycles. The van der Waals surface area contributed by atoms with Crippen molar-refractivity contribution in [3.05, 3.63) is 41.4 Å². The predicted molar refractivity (Wildman–Crippen MR) is 75.8 cm³/mol. The van der Waals surface area contributed by atoms with Gasteiger partial charge in [-0.15, -0.1) is 0 Å². The van der Waals surface area contributed by atoms with Crippen LogP contribution in [0.2, 0.25) is 0 Å². The maximum Gasteiger partial charge on any atom is 0.322 e. The van der Waals surface area contributed by atoms with E-state index in [0.717, 1.165) is 6.07 Å². The molecule has 0 saturated carbocycles. The molecule has 1 aromatic carbocycles. The summed E-state index contributed by atoms with van der Waals surface area (Å²) in [7, 11) is 1.51. The van der Waals surface area contributed by atoms with Crippen molar-refractivity contribution < 1.29 is 13.4 Å². The molecular weight excluding hydrogens is 245 g/mol. The van der Waals surface area contributed by atoms with Gasteiger partial charge in [0.25, 0.3) is 0 Å². The zero-order valence-electron chi connectivity index (χ0n) is 12.1. The summed E-state index contributed by atoms with van der Waals surface area (Å²) >= 11 is 0. The number of benzene rings is 1. The molecule has 0 heterocycles. The van der Waals surface area contributed by atoms with Crippen LogP contribution in [-0.4, -0.2) is 13.1 Å². The molecule has 0 fully saturated rings. The maximum atomic E-state index is 13.4. The van der Waals surface area contributed by atoms with Crippen LogP contribution in [0.4, 0.5) is 8.78 Å². The third-order valence-electron chi connectivity index (χ3n) is 3.50. The monoisotopic (exact) mass is 265 g/mol. The number of rotatable bonds is 4.